The quantitative estimate of drug-likeness (QED) is 0.858. The number of ether oxygens (including phenoxy) is 1. The lowest BCUT2D eigenvalue weighted by Crippen LogP contribution is -2.39. The van der Waals surface area contributed by atoms with E-state index in [4.69, 9.17) is 4.74 Å². The first kappa shape index (κ1) is 17.8. The summed E-state index contributed by atoms with van der Waals surface area (Å²) in [6, 6.07) is 6.48. The summed E-state index contributed by atoms with van der Waals surface area (Å²) in [6.07, 6.45) is 0.729. The third-order valence-corrected chi connectivity index (χ3v) is 3.89. The molecule has 7 nitrogen and oxygen atoms in total. The molecule has 1 saturated heterocycles. The molecule has 7 heteroatoms. The first-order valence-electron chi connectivity index (χ1n) is 8.10. The molecule has 3 amide bonds. The maximum absolute atomic E-state index is 12.5. The predicted octanol–water partition coefficient (Wildman–Crippen LogP) is 1.95. The van der Waals surface area contributed by atoms with Crippen molar-refractivity contribution in [3.8, 4) is 0 Å². The van der Waals surface area contributed by atoms with Crippen LogP contribution in [-0.4, -0.2) is 60.5 Å². The topological polar surface area (TPSA) is 79.0 Å². The first-order chi connectivity index (χ1) is 11.5. The lowest BCUT2D eigenvalue weighted by atomic mass is 10.2. The van der Waals surface area contributed by atoms with Crippen LogP contribution in [0.15, 0.2) is 24.3 Å². The van der Waals surface area contributed by atoms with Crippen molar-refractivity contribution in [1.29, 1.82) is 0 Å². The fourth-order valence-electron chi connectivity index (χ4n) is 2.61. The van der Waals surface area contributed by atoms with E-state index in [0.717, 1.165) is 6.42 Å². The average molecular weight is 333 g/mol. The molecule has 24 heavy (non-hydrogen) atoms. The lowest BCUT2D eigenvalue weighted by molar-refractivity contribution is -0.128. The van der Waals surface area contributed by atoms with Gasteiger partial charge in [-0.2, -0.15) is 0 Å². The molecular formula is C17H23N3O4. The summed E-state index contributed by atoms with van der Waals surface area (Å²) in [5, 5.41) is 2.77. The van der Waals surface area contributed by atoms with E-state index in [1.165, 1.54) is 6.92 Å². The largest absolute Gasteiger partial charge is 0.462 e. The number of anilines is 1. The van der Waals surface area contributed by atoms with Gasteiger partial charge in [-0.1, -0.05) is 12.1 Å². The highest BCUT2D eigenvalue weighted by Crippen LogP contribution is 2.17. The van der Waals surface area contributed by atoms with Crippen molar-refractivity contribution in [2.45, 2.75) is 20.3 Å². The molecule has 2 rings (SSSR count). The molecule has 0 spiro atoms. The van der Waals surface area contributed by atoms with Crippen LogP contribution in [0.25, 0.3) is 0 Å². The molecule has 0 radical (unpaired) electrons. The first-order valence-corrected chi connectivity index (χ1v) is 8.10. The van der Waals surface area contributed by atoms with E-state index in [-0.39, 0.29) is 18.5 Å². The Hall–Kier alpha value is -2.57. The zero-order valence-electron chi connectivity index (χ0n) is 14.1. The van der Waals surface area contributed by atoms with Gasteiger partial charge in [0, 0.05) is 33.1 Å². The minimum Gasteiger partial charge on any atom is -0.462 e. The van der Waals surface area contributed by atoms with Crippen LogP contribution in [0.5, 0.6) is 0 Å². The Kier molecular flexibility index (Phi) is 6.17. The van der Waals surface area contributed by atoms with Gasteiger partial charge in [0.2, 0.25) is 5.91 Å². The second-order valence-corrected chi connectivity index (χ2v) is 5.54. The number of benzene rings is 1. The van der Waals surface area contributed by atoms with Gasteiger partial charge in [-0.15, -0.1) is 0 Å². The molecular weight excluding hydrogens is 310 g/mol. The van der Waals surface area contributed by atoms with E-state index in [1.54, 1.807) is 41.0 Å². The van der Waals surface area contributed by atoms with Gasteiger partial charge < -0.3 is 19.9 Å². The number of hydrogen-bond acceptors (Lipinski definition) is 4. The van der Waals surface area contributed by atoms with Gasteiger partial charge in [-0.05, 0) is 25.5 Å². The second kappa shape index (κ2) is 8.33. The monoisotopic (exact) mass is 333 g/mol. The van der Waals surface area contributed by atoms with E-state index in [0.29, 0.717) is 37.4 Å². The zero-order valence-corrected chi connectivity index (χ0v) is 14.1. The Morgan fingerprint density at radius 2 is 1.75 bits per heavy atom. The van der Waals surface area contributed by atoms with Gasteiger partial charge in [-0.25, -0.2) is 9.59 Å². The molecule has 1 N–H and O–H groups in total. The van der Waals surface area contributed by atoms with Crippen molar-refractivity contribution >= 4 is 23.6 Å². The normalized spacial score (nSPS) is 14.8. The number of amides is 3. The fraction of sp³-hybridized carbons (Fsp3) is 0.471. The molecule has 1 fully saturated rings. The maximum atomic E-state index is 12.5. The molecule has 0 aliphatic carbocycles. The molecule has 1 aromatic carbocycles. The van der Waals surface area contributed by atoms with Crippen molar-refractivity contribution < 1.29 is 19.1 Å². The Morgan fingerprint density at radius 1 is 1.08 bits per heavy atom. The minimum atomic E-state index is -0.466. The Bertz CT molecular complexity index is 618. The van der Waals surface area contributed by atoms with Crippen molar-refractivity contribution in [3.05, 3.63) is 29.8 Å². The van der Waals surface area contributed by atoms with Gasteiger partial charge in [0.15, 0.2) is 0 Å². The maximum Gasteiger partial charge on any atom is 0.340 e. The van der Waals surface area contributed by atoms with Crippen molar-refractivity contribution in [3.63, 3.8) is 0 Å². The standard InChI is InChI=1S/C17H23N3O4/c1-3-24-16(22)14-7-4-5-8-15(14)18-17(23)20-10-6-9-19(11-12-20)13(2)21/h4-5,7-8H,3,6,9-12H2,1-2H3,(H,18,23). The highest BCUT2D eigenvalue weighted by Gasteiger charge is 2.21. The molecule has 0 bridgehead atoms. The molecule has 0 aromatic heterocycles. The number of nitrogens with one attached hydrogen (secondary N) is 1. The molecule has 0 atom stereocenters. The third kappa shape index (κ3) is 4.47. The smallest absolute Gasteiger partial charge is 0.340 e. The number of carbonyl (C=O) groups is 3. The lowest BCUT2D eigenvalue weighted by Gasteiger charge is -2.22. The van der Waals surface area contributed by atoms with E-state index < -0.39 is 5.97 Å². The van der Waals surface area contributed by atoms with Gasteiger partial charge >= 0.3 is 12.0 Å². The molecule has 0 saturated carbocycles. The van der Waals surface area contributed by atoms with Gasteiger partial charge in [-0.3, -0.25) is 4.79 Å². The Morgan fingerprint density at radius 3 is 2.46 bits per heavy atom. The Balaban J connectivity index is 2.04. The predicted molar refractivity (Wildman–Crippen MR) is 89.9 cm³/mol. The average Bonchev–Trinajstić information content (AvgIpc) is 2.81. The third-order valence-electron chi connectivity index (χ3n) is 3.89. The number of esters is 1. The molecule has 0 unspecified atom stereocenters. The van der Waals surface area contributed by atoms with Crippen LogP contribution >= 0.6 is 0 Å². The van der Waals surface area contributed by atoms with Crippen LogP contribution in [-0.2, 0) is 9.53 Å². The highest BCUT2D eigenvalue weighted by molar-refractivity contribution is 6.00. The number of urea groups is 1. The summed E-state index contributed by atoms with van der Waals surface area (Å²) in [5.74, 6) is -0.447. The Labute approximate surface area is 141 Å². The fourth-order valence-corrected chi connectivity index (χ4v) is 2.61. The molecule has 1 aliphatic heterocycles. The van der Waals surface area contributed by atoms with Crippen molar-refractivity contribution in [2.75, 3.05) is 38.1 Å². The van der Waals surface area contributed by atoms with Crippen molar-refractivity contribution in [1.82, 2.24) is 9.80 Å². The molecule has 1 aromatic rings. The number of para-hydroxylation sites is 1. The SMILES string of the molecule is CCOC(=O)c1ccccc1NC(=O)N1CCCN(C(C)=O)CC1. The molecule has 130 valence electrons. The minimum absolute atomic E-state index is 0.0184. The molecule has 1 heterocycles. The summed E-state index contributed by atoms with van der Waals surface area (Å²) >= 11 is 0. The molecule has 1 aliphatic rings. The van der Waals surface area contributed by atoms with Crippen LogP contribution in [0.4, 0.5) is 10.5 Å². The van der Waals surface area contributed by atoms with E-state index >= 15 is 0 Å². The zero-order chi connectivity index (χ0) is 17.5. The number of rotatable bonds is 3. The number of carbonyl (C=O) groups excluding carboxylic acids is 3. The van der Waals surface area contributed by atoms with Crippen molar-refractivity contribution in [2.24, 2.45) is 0 Å². The summed E-state index contributed by atoms with van der Waals surface area (Å²) in [4.78, 5) is 39.3. The van der Waals surface area contributed by atoms with Gasteiger partial charge in [0.1, 0.15) is 0 Å². The van der Waals surface area contributed by atoms with Crippen LogP contribution < -0.4 is 5.32 Å². The summed E-state index contributed by atoms with van der Waals surface area (Å²) in [7, 11) is 0. The van der Waals surface area contributed by atoms with Crippen LogP contribution in [0, 0.1) is 0 Å². The van der Waals surface area contributed by atoms with Crippen LogP contribution in [0.1, 0.15) is 30.6 Å². The number of nitrogens with zero attached hydrogens (tertiary/aromatic N) is 2. The van der Waals surface area contributed by atoms with E-state index in [2.05, 4.69) is 5.32 Å². The van der Waals surface area contributed by atoms with Gasteiger partial charge in [0.25, 0.3) is 0 Å². The highest BCUT2D eigenvalue weighted by atomic mass is 16.5. The van der Waals surface area contributed by atoms with Crippen LogP contribution in [0.2, 0.25) is 0 Å². The van der Waals surface area contributed by atoms with E-state index in [9.17, 15) is 14.4 Å². The van der Waals surface area contributed by atoms with Crippen LogP contribution in [0.3, 0.4) is 0 Å². The summed E-state index contributed by atoms with van der Waals surface area (Å²) < 4.78 is 5.01. The summed E-state index contributed by atoms with van der Waals surface area (Å²) in [6.45, 7) is 5.74. The van der Waals surface area contributed by atoms with E-state index in [1.807, 2.05) is 0 Å². The summed E-state index contributed by atoms with van der Waals surface area (Å²) in [5.41, 5.74) is 0.751. The van der Waals surface area contributed by atoms with Gasteiger partial charge in [0.05, 0.1) is 17.9 Å². The number of hydrogen-bond donors (Lipinski definition) is 1. The second-order valence-electron chi connectivity index (χ2n) is 5.54.